The van der Waals surface area contributed by atoms with Crippen molar-refractivity contribution in [2.24, 2.45) is 0 Å². The third-order valence-corrected chi connectivity index (χ3v) is 3.12. The van der Waals surface area contributed by atoms with Crippen molar-refractivity contribution in [2.45, 2.75) is 19.5 Å². The van der Waals surface area contributed by atoms with Crippen molar-refractivity contribution < 1.29 is 9.47 Å². The number of benzene rings is 1. The molecule has 1 aromatic carbocycles. The van der Waals surface area contributed by atoms with Crippen molar-refractivity contribution in [3.8, 4) is 11.5 Å². The Kier molecular flexibility index (Phi) is 4.08. The summed E-state index contributed by atoms with van der Waals surface area (Å²) in [4.78, 5) is 8.09. The second-order valence-electron chi connectivity index (χ2n) is 4.60. The monoisotopic (exact) mass is 271 g/mol. The summed E-state index contributed by atoms with van der Waals surface area (Å²) in [5, 5.41) is 3.36. The van der Waals surface area contributed by atoms with Crippen LogP contribution in [0.1, 0.15) is 17.7 Å². The van der Waals surface area contributed by atoms with E-state index < -0.39 is 0 Å². The molecule has 0 aliphatic carbocycles. The van der Waals surface area contributed by atoms with Gasteiger partial charge >= 0.3 is 0 Å². The van der Waals surface area contributed by atoms with E-state index in [4.69, 9.17) is 9.47 Å². The molecule has 1 N–H and O–H groups in total. The van der Waals surface area contributed by atoms with E-state index in [0.29, 0.717) is 19.8 Å². The van der Waals surface area contributed by atoms with Crippen LogP contribution in [-0.4, -0.2) is 23.2 Å². The van der Waals surface area contributed by atoms with Crippen molar-refractivity contribution in [3.05, 3.63) is 48.0 Å². The molecule has 0 saturated heterocycles. The molecule has 0 bridgehead atoms. The van der Waals surface area contributed by atoms with Crippen LogP contribution in [0.15, 0.2) is 36.8 Å². The minimum atomic E-state index is 0.701. The van der Waals surface area contributed by atoms with Gasteiger partial charge in [0, 0.05) is 31.3 Å². The molecule has 0 unspecified atom stereocenters. The molecular formula is C15H17N3O2. The Bertz CT molecular complexity index is 560. The van der Waals surface area contributed by atoms with Gasteiger partial charge in [-0.25, -0.2) is 9.97 Å². The summed E-state index contributed by atoms with van der Waals surface area (Å²) in [5.41, 5.74) is 2.08. The van der Waals surface area contributed by atoms with Crippen LogP contribution < -0.4 is 14.8 Å². The lowest BCUT2D eigenvalue weighted by Crippen LogP contribution is -2.14. The molecular weight excluding hydrogens is 254 g/mol. The highest BCUT2D eigenvalue weighted by molar-refractivity contribution is 5.47. The van der Waals surface area contributed by atoms with Crippen LogP contribution in [0.4, 0.5) is 0 Å². The van der Waals surface area contributed by atoms with Gasteiger partial charge in [-0.05, 0) is 12.1 Å². The van der Waals surface area contributed by atoms with Gasteiger partial charge < -0.3 is 14.8 Å². The van der Waals surface area contributed by atoms with E-state index in [9.17, 15) is 0 Å². The van der Waals surface area contributed by atoms with Gasteiger partial charge in [-0.15, -0.1) is 0 Å². The lowest BCUT2D eigenvalue weighted by Gasteiger charge is -2.12. The molecule has 0 fully saturated rings. The fourth-order valence-electron chi connectivity index (χ4n) is 2.14. The van der Waals surface area contributed by atoms with Crippen molar-refractivity contribution in [3.63, 3.8) is 0 Å². The first kappa shape index (κ1) is 12.9. The van der Waals surface area contributed by atoms with Crippen molar-refractivity contribution in [2.75, 3.05) is 13.2 Å². The Morgan fingerprint density at radius 3 is 2.95 bits per heavy atom. The van der Waals surface area contributed by atoms with Crippen LogP contribution in [0.3, 0.4) is 0 Å². The highest BCUT2D eigenvalue weighted by atomic mass is 16.5. The first-order valence-electron chi connectivity index (χ1n) is 6.76. The van der Waals surface area contributed by atoms with Crippen LogP contribution in [0, 0.1) is 0 Å². The van der Waals surface area contributed by atoms with Gasteiger partial charge in [-0.1, -0.05) is 12.1 Å². The molecule has 104 valence electrons. The summed E-state index contributed by atoms with van der Waals surface area (Å²) >= 11 is 0. The van der Waals surface area contributed by atoms with Crippen LogP contribution in [0.5, 0.6) is 11.5 Å². The molecule has 3 rings (SSSR count). The quantitative estimate of drug-likeness (QED) is 0.920. The minimum Gasteiger partial charge on any atom is -0.490 e. The molecule has 1 aliphatic rings. The van der Waals surface area contributed by atoms with E-state index in [1.165, 1.54) is 0 Å². The molecule has 5 heteroatoms. The predicted molar refractivity (Wildman–Crippen MR) is 74.6 cm³/mol. The number of nitrogens with one attached hydrogen (secondary N) is 1. The number of aromatic nitrogens is 2. The third-order valence-electron chi connectivity index (χ3n) is 3.12. The predicted octanol–water partition coefficient (Wildman–Crippen LogP) is 1.93. The Labute approximate surface area is 118 Å². The summed E-state index contributed by atoms with van der Waals surface area (Å²) in [6, 6.07) is 7.91. The molecule has 0 spiro atoms. The van der Waals surface area contributed by atoms with Crippen molar-refractivity contribution >= 4 is 0 Å². The third kappa shape index (κ3) is 3.05. The number of hydrogen-bond acceptors (Lipinski definition) is 5. The van der Waals surface area contributed by atoms with Gasteiger partial charge in [0.25, 0.3) is 0 Å². The number of ether oxygens (including phenoxy) is 2. The molecule has 1 aliphatic heterocycles. The molecule has 1 aromatic heterocycles. The van der Waals surface area contributed by atoms with Crippen LogP contribution in [0.25, 0.3) is 0 Å². The summed E-state index contributed by atoms with van der Waals surface area (Å²) in [5.74, 6) is 1.70. The topological polar surface area (TPSA) is 56.3 Å². The minimum absolute atomic E-state index is 0.701. The van der Waals surface area contributed by atoms with Gasteiger partial charge in [-0.3, -0.25) is 0 Å². The largest absolute Gasteiger partial charge is 0.490 e. The summed E-state index contributed by atoms with van der Waals surface area (Å²) < 4.78 is 11.5. The molecule has 20 heavy (non-hydrogen) atoms. The van der Waals surface area contributed by atoms with Gasteiger partial charge in [-0.2, -0.15) is 0 Å². The average molecular weight is 271 g/mol. The summed E-state index contributed by atoms with van der Waals surface area (Å²) in [6.45, 7) is 2.84. The van der Waals surface area contributed by atoms with Crippen LogP contribution >= 0.6 is 0 Å². The lowest BCUT2D eigenvalue weighted by molar-refractivity contribution is 0.296. The SMILES string of the molecule is c1cc(CNCc2ccncn2)c2c(c1)OCCCO2. The smallest absolute Gasteiger partial charge is 0.165 e. The van der Waals surface area contributed by atoms with Gasteiger partial charge in [0.1, 0.15) is 6.33 Å². The zero-order valence-corrected chi connectivity index (χ0v) is 11.2. The molecule has 2 heterocycles. The standard InChI is InChI=1S/C15H17N3O2/c1-3-12(9-17-10-13-5-6-16-11-18-13)15-14(4-1)19-7-2-8-20-15/h1,3-6,11,17H,2,7-10H2. The normalized spacial score (nSPS) is 13.8. The lowest BCUT2D eigenvalue weighted by atomic mass is 10.2. The summed E-state index contributed by atoms with van der Waals surface area (Å²) in [6.07, 6.45) is 4.22. The zero-order chi connectivity index (χ0) is 13.6. The number of para-hydroxylation sites is 1. The first-order chi connectivity index (χ1) is 9.93. The zero-order valence-electron chi connectivity index (χ0n) is 11.2. The second kappa shape index (κ2) is 6.34. The van der Waals surface area contributed by atoms with E-state index in [1.54, 1.807) is 12.5 Å². The van der Waals surface area contributed by atoms with E-state index in [1.807, 2.05) is 18.2 Å². The first-order valence-corrected chi connectivity index (χ1v) is 6.76. The molecule has 0 radical (unpaired) electrons. The number of fused-ring (bicyclic) bond motifs is 1. The van der Waals surface area contributed by atoms with E-state index >= 15 is 0 Å². The van der Waals surface area contributed by atoms with E-state index in [-0.39, 0.29) is 0 Å². The Morgan fingerprint density at radius 2 is 2.05 bits per heavy atom. The maximum Gasteiger partial charge on any atom is 0.165 e. The fourth-order valence-corrected chi connectivity index (χ4v) is 2.14. The second-order valence-corrected chi connectivity index (χ2v) is 4.60. The average Bonchev–Trinajstić information content (AvgIpc) is 2.74. The number of hydrogen-bond donors (Lipinski definition) is 1. The molecule has 2 aromatic rings. The number of rotatable bonds is 4. The van der Waals surface area contributed by atoms with Gasteiger partial charge in [0.05, 0.1) is 18.9 Å². The summed E-state index contributed by atoms with van der Waals surface area (Å²) in [7, 11) is 0. The molecule has 5 nitrogen and oxygen atoms in total. The van der Waals surface area contributed by atoms with Crippen molar-refractivity contribution in [1.82, 2.24) is 15.3 Å². The molecule has 0 amide bonds. The molecule has 0 atom stereocenters. The van der Waals surface area contributed by atoms with E-state index in [0.717, 1.165) is 35.7 Å². The Hall–Kier alpha value is -2.14. The van der Waals surface area contributed by atoms with Crippen molar-refractivity contribution in [1.29, 1.82) is 0 Å². The maximum atomic E-state index is 5.79. The molecule has 0 saturated carbocycles. The van der Waals surface area contributed by atoms with E-state index in [2.05, 4.69) is 21.4 Å². The van der Waals surface area contributed by atoms with Crippen LogP contribution in [-0.2, 0) is 13.1 Å². The van der Waals surface area contributed by atoms with Gasteiger partial charge in [0.15, 0.2) is 11.5 Å². The highest BCUT2D eigenvalue weighted by Crippen LogP contribution is 2.33. The Morgan fingerprint density at radius 1 is 1.10 bits per heavy atom. The maximum absolute atomic E-state index is 5.79. The highest BCUT2D eigenvalue weighted by Gasteiger charge is 2.13. The Balaban J connectivity index is 1.66. The van der Waals surface area contributed by atoms with Gasteiger partial charge in [0.2, 0.25) is 0 Å². The van der Waals surface area contributed by atoms with Crippen LogP contribution in [0.2, 0.25) is 0 Å². The fraction of sp³-hybridized carbons (Fsp3) is 0.333. The number of nitrogens with zero attached hydrogens (tertiary/aromatic N) is 2.